The average Bonchev–Trinajstić information content (AvgIpc) is 3.29. The number of nitrogens with one attached hydrogen (secondary N) is 1. The summed E-state index contributed by atoms with van der Waals surface area (Å²) in [5, 5.41) is 0. The number of likely N-dealkylation sites (tertiary alicyclic amines) is 1. The molecule has 4 heterocycles. The topological polar surface area (TPSA) is 72.5 Å². The van der Waals surface area contributed by atoms with Crippen molar-refractivity contribution in [3.63, 3.8) is 0 Å². The van der Waals surface area contributed by atoms with Crippen molar-refractivity contribution in [3.8, 4) is 0 Å². The molecule has 1 aromatic heterocycles. The summed E-state index contributed by atoms with van der Waals surface area (Å²) in [6.45, 7) is 5.43. The van der Waals surface area contributed by atoms with Gasteiger partial charge < -0.3 is 9.80 Å². The first-order valence-corrected chi connectivity index (χ1v) is 9.08. The lowest BCUT2D eigenvalue weighted by Crippen LogP contribution is -2.43. The maximum Gasteiger partial charge on any atom is 0.257 e. The van der Waals surface area contributed by atoms with Gasteiger partial charge in [-0.15, -0.1) is 0 Å². The molecule has 7 nitrogen and oxygen atoms in total. The summed E-state index contributed by atoms with van der Waals surface area (Å²) in [5.74, 6) is 0.909. The lowest BCUT2D eigenvalue weighted by molar-refractivity contribution is -0.131. The van der Waals surface area contributed by atoms with Gasteiger partial charge >= 0.3 is 0 Å². The second kappa shape index (κ2) is 6.55. The van der Waals surface area contributed by atoms with Gasteiger partial charge in [0, 0.05) is 45.7 Å². The van der Waals surface area contributed by atoms with Gasteiger partial charge in [0.2, 0.25) is 11.9 Å². The van der Waals surface area contributed by atoms with Crippen LogP contribution in [0.5, 0.6) is 0 Å². The third kappa shape index (κ3) is 3.05. The molecule has 0 atom stereocenters. The molecule has 24 heavy (non-hydrogen) atoms. The van der Waals surface area contributed by atoms with Crippen molar-refractivity contribution in [3.05, 3.63) is 21.6 Å². The Kier molecular flexibility index (Phi) is 4.26. The first kappa shape index (κ1) is 15.6. The number of carbonyl (C=O) groups excluding carboxylic acids is 1. The van der Waals surface area contributed by atoms with Crippen LogP contribution in [0, 0.1) is 0 Å². The number of aromatic amines is 1. The number of anilines is 1. The van der Waals surface area contributed by atoms with Gasteiger partial charge in [-0.05, 0) is 25.7 Å². The van der Waals surface area contributed by atoms with Gasteiger partial charge in [0.15, 0.2) is 0 Å². The van der Waals surface area contributed by atoms with Crippen LogP contribution in [-0.4, -0.2) is 64.9 Å². The van der Waals surface area contributed by atoms with Crippen LogP contribution >= 0.6 is 0 Å². The number of hydrogen-bond donors (Lipinski definition) is 1. The number of fused-ring (bicyclic) bond motifs is 1. The Bertz CT molecular complexity index is 674. The van der Waals surface area contributed by atoms with Crippen LogP contribution in [0.2, 0.25) is 0 Å². The fourth-order valence-electron chi connectivity index (χ4n) is 3.94. The smallest absolute Gasteiger partial charge is 0.257 e. The fourth-order valence-corrected chi connectivity index (χ4v) is 3.94. The minimum Gasteiger partial charge on any atom is -0.342 e. The van der Waals surface area contributed by atoms with Gasteiger partial charge in [0.25, 0.3) is 5.56 Å². The van der Waals surface area contributed by atoms with Crippen molar-refractivity contribution in [1.29, 1.82) is 0 Å². The van der Waals surface area contributed by atoms with Crippen molar-refractivity contribution in [2.24, 2.45) is 0 Å². The molecule has 130 valence electrons. The second-order valence-corrected chi connectivity index (χ2v) is 7.06. The monoisotopic (exact) mass is 331 g/mol. The molecule has 4 rings (SSSR count). The third-order valence-corrected chi connectivity index (χ3v) is 5.36. The highest BCUT2D eigenvalue weighted by Crippen LogP contribution is 2.19. The maximum absolute atomic E-state index is 12.5. The van der Waals surface area contributed by atoms with Gasteiger partial charge in [-0.1, -0.05) is 0 Å². The maximum atomic E-state index is 12.5. The van der Waals surface area contributed by atoms with Crippen LogP contribution in [0.4, 0.5) is 5.95 Å². The van der Waals surface area contributed by atoms with Gasteiger partial charge in [-0.25, -0.2) is 4.98 Å². The standard InChI is InChI=1S/C17H25N5O2/c23-15(21-6-1-2-7-21)12-20-10-5-14-13(11-20)16(24)19-17(18-14)22-8-3-4-9-22/h1-12H2,(H,18,19,24). The molecule has 0 spiro atoms. The Hall–Kier alpha value is -1.89. The number of aromatic nitrogens is 2. The average molecular weight is 331 g/mol. The van der Waals surface area contributed by atoms with Crippen LogP contribution < -0.4 is 10.5 Å². The van der Waals surface area contributed by atoms with E-state index < -0.39 is 0 Å². The Morgan fingerprint density at radius 2 is 1.75 bits per heavy atom. The Labute approximate surface area is 141 Å². The van der Waals surface area contributed by atoms with Crippen molar-refractivity contribution in [1.82, 2.24) is 19.8 Å². The zero-order chi connectivity index (χ0) is 16.5. The number of hydrogen-bond acceptors (Lipinski definition) is 5. The minimum absolute atomic E-state index is 0.0415. The molecule has 3 aliphatic heterocycles. The molecule has 1 amide bonds. The van der Waals surface area contributed by atoms with Crippen LogP contribution in [0.1, 0.15) is 36.9 Å². The van der Waals surface area contributed by atoms with E-state index >= 15 is 0 Å². The number of amides is 1. The normalized spacial score (nSPS) is 21.3. The highest BCUT2D eigenvalue weighted by atomic mass is 16.2. The largest absolute Gasteiger partial charge is 0.342 e. The lowest BCUT2D eigenvalue weighted by atomic mass is 10.1. The molecule has 3 aliphatic rings. The van der Waals surface area contributed by atoms with Gasteiger partial charge in [-0.2, -0.15) is 0 Å². The molecule has 1 N–H and O–H groups in total. The highest BCUT2D eigenvalue weighted by molar-refractivity contribution is 5.78. The van der Waals surface area contributed by atoms with E-state index in [0.29, 0.717) is 13.1 Å². The molecule has 2 fully saturated rings. The van der Waals surface area contributed by atoms with Crippen molar-refractivity contribution < 1.29 is 4.79 Å². The minimum atomic E-state index is -0.0415. The molecular weight excluding hydrogens is 306 g/mol. The molecule has 0 saturated carbocycles. The molecule has 0 aromatic carbocycles. The van der Waals surface area contributed by atoms with E-state index in [1.165, 1.54) is 0 Å². The summed E-state index contributed by atoms with van der Waals surface area (Å²) in [6.07, 6.45) is 5.28. The number of carbonyl (C=O) groups is 1. The van der Waals surface area contributed by atoms with E-state index in [4.69, 9.17) is 4.98 Å². The van der Waals surface area contributed by atoms with Gasteiger partial charge in [0.05, 0.1) is 17.8 Å². The van der Waals surface area contributed by atoms with E-state index in [1.807, 2.05) is 4.90 Å². The zero-order valence-corrected chi connectivity index (χ0v) is 14.1. The van der Waals surface area contributed by atoms with E-state index in [-0.39, 0.29) is 11.5 Å². The lowest BCUT2D eigenvalue weighted by Gasteiger charge is -2.29. The Balaban J connectivity index is 1.46. The zero-order valence-electron chi connectivity index (χ0n) is 14.1. The molecule has 0 unspecified atom stereocenters. The number of nitrogens with zero attached hydrogens (tertiary/aromatic N) is 4. The summed E-state index contributed by atoms with van der Waals surface area (Å²) in [4.78, 5) is 38.6. The molecule has 2 saturated heterocycles. The van der Waals surface area contributed by atoms with Crippen LogP contribution in [-0.2, 0) is 17.8 Å². The number of H-pyrrole nitrogens is 1. The van der Waals surface area contributed by atoms with Crippen LogP contribution in [0.15, 0.2) is 4.79 Å². The van der Waals surface area contributed by atoms with E-state index in [1.54, 1.807) is 0 Å². The summed E-state index contributed by atoms with van der Waals surface area (Å²) in [5.41, 5.74) is 1.60. The SMILES string of the molecule is O=C(CN1CCc2nc(N3CCCC3)[nH]c(=O)c2C1)N1CCCC1. The second-order valence-electron chi connectivity index (χ2n) is 7.06. The van der Waals surface area contributed by atoms with Crippen molar-refractivity contribution >= 4 is 11.9 Å². The summed E-state index contributed by atoms with van der Waals surface area (Å²) < 4.78 is 0. The van der Waals surface area contributed by atoms with Crippen LogP contribution in [0.3, 0.4) is 0 Å². The molecule has 0 aliphatic carbocycles. The van der Waals surface area contributed by atoms with E-state index in [9.17, 15) is 9.59 Å². The Morgan fingerprint density at radius 3 is 2.50 bits per heavy atom. The van der Waals surface area contributed by atoms with Crippen LogP contribution in [0.25, 0.3) is 0 Å². The predicted molar refractivity (Wildman–Crippen MR) is 91.1 cm³/mol. The first-order chi connectivity index (χ1) is 11.7. The fraction of sp³-hybridized carbons (Fsp3) is 0.706. The van der Waals surface area contributed by atoms with Gasteiger partial charge in [-0.3, -0.25) is 19.5 Å². The quantitative estimate of drug-likeness (QED) is 0.865. The predicted octanol–water partition coefficient (Wildman–Crippen LogP) is 0.351. The highest BCUT2D eigenvalue weighted by Gasteiger charge is 2.26. The van der Waals surface area contributed by atoms with Crippen molar-refractivity contribution in [2.75, 3.05) is 44.2 Å². The number of rotatable bonds is 3. The first-order valence-electron chi connectivity index (χ1n) is 9.08. The summed E-state index contributed by atoms with van der Waals surface area (Å²) in [7, 11) is 0. The summed E-state index contributed by atoms with van der Waals surface area (Å²) in [6, 6.07) is 0. The Morgan fingerprint density at radius 1 is 1.04 bits per heavy atom. The molecular formula is C17H25N5O2. The third-order valence-electron chi connectivity index (χ3n) is 5.36. The van der Waals surface area contributed by atoms with E-state index in [2.05, 4.69) is 14.8 Å². The summed E-state index contributed by atoms with van der Waals surface area (Å²) >= 11 is 0. The van der Waals surface area contributed by atoms with Crippen molar-refractivity contribution in [2.45, 2.75) is 38.6 Å². The van der Waals surface area contributed by atoms with E-state index in [0.717, 1.165) is 82.0 Å². The molecule has 0 bridgehead atoms. The molecule has 1 aromatic rings. The molecule has 0 radical (unpaired) electrons. The van der Waals surface area contributed by atoms with Gasteiger partial charge in [0.1, 0.15) is 0 Å². The molecule has 7 heteroatoms.